The van der Waals surface area contributed by atoms with Crippen LogP contribution in [0.1, 0.15) is 36.2 Å². The van der Waals surface area contributed by atoms with Gasteiger partial charge in [-0.2, -0.15) is 0 Å². The van der Waals surface area contributed by atoms with E-state index in [0.717, 1.165) is 38.0 Å². The van der Waals surface area contributed by atoms with Gasteiger partial charge in [-0.05, 0) is 64.5 Å². The smallest absolute Gasteiger partial charge is 0.254 e. The van der Waals surface area contributed by atoms with Crippen molar-refractivity contribution in [3.63, 3.8) is 0 Å². The largest absolute Gasteiger partial charge is 0.385 e. The summed E-state index contributed by atoms with van der Waals surface area (Å²) >= 11 is 0. The number of benzene rings is 1. The van der Waals surface area contributed by atoms with E-state index in [1.807, 2.05) is 38.1 Å². The molecule has 1 heterocycles. The first-order valence-electron chi connectivity index (χ1n) is 7.85. The first kappa shape index (κ1) is 15.8. The lowest BCUT2D eigenvalue weighted by atomic mass is 10.00. The molecule has 1 unspecified atom stereocenters. The average molecular weight is 289 g/mol. The maximum absolute atomic E-state index is 12.8. The van der Waals surface area contributed by atoms with Crippen LogP contribution in [0, 0.1) is 0 Å². The van der Waals surface area contributed by atoms with Crippen LogP contribution < -0.4 is 5.32 Å². The Morgan fingerprint density at radius 3 is 2.81 bits per heavy atom. The molecule has 1 aromatic carbocycles. The summed E-state index contributed by atoms with van der Waals surface area (Å²) in [6.45, 7) is 6.81. The molecule has 0 fully saturated rings. The number of carbonyl (C=O) groups is 1. The molecular formula is C17H27N3O. The number of amides is 1. The summed E-state index contributed by atoms with van der Waals surface area (Å²) in [5.74, 6) is 0.139. The number of anilines is 1. The highest BCUT2D eigenvalue weighted by atomic mass is 16.2. The van der Waals surface area contributed by atoms with Crippen LogP contribution in [0.3, 0.4) is 0 Å². The molecule has 116 valence electrons. The van der Waals surface area contributed by atoms with Gasteiger partial charge in [-0.1, -0.05) is 0 Å². The van der Waals surface area contributed by atoms with Crippen LogP contribution in [-0.4, -0.2) is 55.5 Å². The Labute approximate surface area is 128 Å². The zero-order valence-electron chi connectivity index (χ0n) is 13.6. The van der Waals surface area contributed by atoms with E-state index in [4.69, 9.17) is 0 Å². The number of rotatable bonds is 5. The Kier molecular flexibility index (Phi) is 5.23. The van der Waals surface area contributed by atoms with Crippen LogP contribution in [0.5, 0.6) is 0 Å². The van der Waals surface area contributed by atoms with E-state index in [0.29, 0.717) is 0 Å². The van der Waals surface area contributed by atoms with Crippen molar-refractivity contribution in [2.45, 2.75) is 32.7 Å². The monoisotopic (exact) mass is 289 g/mol. The molecule has 0 aliphatic carbocycles. The van der Waals surface area contributed by atoms with Gasteiger partial charge in [-0.25, -0.2) is 0 Å². The zero-order valence-corrected chi connectivity index (χ0v) is 13.6. The molecule has 0 radical (unpaired) electrons. The van der Waals surface area contributed by atoms with Crippen molar-refractivity contribution in [3.05, 3.63) is 29.3 Å². The van der Waals surface area contributed by atoms with E-state index in [-0.39, 0.29) is 11.9 Å². The van der Waals surface area contributed by atoms with E-state index in [1.54, 1.807) is 0 Å². The highest BCUT2D eigenvalue weighted by Crippen LogP contribution is 2.23. The van der Waals surface area contributed by atoms with Gasteiger partial charge < -0.3 is 15.1 Å². The Balaban J connectivity index is 2.17. The Hall–Kier alpha value is -1.55. The predicted molar refractivity (Wildman–Crippen MR) is 88.0 cm³/mol. The number of carbonyl (C=O) groups excluding carboxylic acids is 1. The molecule has 0 aromatic heterocycles. The molecule has 0 saturated carbocycles. The molecule has 4 nitrogen and oxygen atoms in total. The molecule has 21 heavy (non-hydrogen) atoms. The minimum absolute atomic E-state index is 0.139. The highest BCUT2D eigenvalue weighted by Gasteiger charge is 2.21. The second-order valence-corrected chi connectivity index (χ2v) is 6.10. The second kappa shape index (κ2) is 6.94. The van der Waals surface area contributed by atoms with Gasteiger partial charge in [-0.15, -0.1) is 0 Å². The van der Waals surface area contributed by atoms with Gasteiger partial charge >= 0.3 is 0 Å². The van der Waals surface area contributed by atoms with Gasteiger partial charge in [0.1, 0.15) is 0 Å². The number of aryl methyl sites for hydroxylation is 1. The van der Waals surface area contributed by atoms with Crippen molar-refractivity contribution in [2.75, 3.05) is 39.0 Å². The third-order valence-corrected chi connectivity index (χ3v) is 4.05. The van der Waals surface area contributed by atoms with Crippen molar-refractivity contribution >= 4 is 11.6 Å². The molecular weight excluding hydrogens is 262 g/mol. The second-order valence-electron chi connectivity index (χ2n) is 6.10. The topological polar surface area (TPSA) is 35.6 Å². The van der Waals surface area contributed by atoms with E-state index in [9.17, 15) is 4.79 Å². The Bertz CT molecular complexity index is 499. The fourth-order valence-corrected chi connectivity index (χ4v) is 3.06. The van der Waals surface area contributed by atoms with Gasteiger partial charge in [0.05, 0.1) is 0 Å². The standard InChI is InChI=1S/C17H27N3O/c1-5-20(13(2)12-19(3)4)17(21)15-8-9-16-14(11-15)7-6-10-18-16/h8-9,11,13,18H,5-7,10,12H2,1-4H3. The molecule has 0 spiro atoms. The van der Waals surface area contributed by atoms with Gasteiger partial charge in [0.2, 0.25) is 0 Å². The van der Waals surface area contributed by atoms with Crippen LogP contribution >= 0.6 is 0 Å². The van der Waals surface area contributed by atoms with Crippen LogP contribution in [0.25, 0.3) is 0 Å². The van der Waals surface area contributed by atoms with Crippen LogP contribution in [0.4, 0.5) is 5.69 Å². The van der Waals surface area contributed by atoms with Crippen molar-refractivity contribution in [3.8, 4) is 0 Å². The number of nitrogens with zero attached hydrogens (tertiary/aromatic N) is 2. The lowest BCUT2D eigenvalue weighted by Crippen LogP contribution is -2.43. The molecule has 1 aliphatic heterocycles. The molecule has 0 saturated heterocycles. The van der Waals surface area contributed by atoms with Gasteiger partial charge in [0.25, 0.3) is 5.91 Å². The molecule has 0 bridgehead atoms. The normalized spacial score (nSPS) is 15.3. The first-order chi connectivity index (χ1) is 10.0. The van der Waals surface area contributed by atoms with Crippen molar-refractivity contribution in [1.29, 1.82) is 0 Å². The summed E-state index contributed by atoms with van der Waals surface area (Å²) in [7, 11) is 4.08. The van der Waals surface area contributed by atoms with Crippen molar-refractivity contribution in [2.24, 2.45) is 0 Å². The zero-order chi connectivity index (χ0) is 15.4. The SMILES string of the molecule is CCN(C(=O)c1ccc2c(c1)CCCN2)C(C)CN(C)C. The minimum Gasteiger partial charge on any atom is -0.385 e. The maximum atomic E-state index is 12.8. The van der Waals surface area contributed by atoms with Gasteiger partial charge in [0, 0.05) is 36.9 Å². The van der Waals surface area contributed by atoms with E-state index >= 15 is 0 Å². The lowest BCUT2D eigenvalue weighted by molar-refractivity contribution is 0.0679. The molecule has 1 atom stereocenters. The fourth-order valence-electron chi connectivity index (χ4n) is 3.06. The fraction of sp³-hybridized carbons (Fsp3) is 0.588. The molecule has 1 N–H and O–H groups in total. The number of likely N-dealkylation sites (N-methyl/N-ethyl adjacent to an activating group) is 2. The summed E-state index contributed by atoms with van der Waals surface area (Å²) in [5.41, 5.74) is 3.26. The first-order valence-corrected chi connectivity index (χ1v) is 7.85. The van der Waals surface area contributed by atoms with Crippen molar-refractivity contribution in [1.82, 2.24) is 9.80 Å². The minimum atomic E-state index is 0.139. The molecule has 1 aromatic rings. The number of fused-ring (bicyclic) bond motifs is 1. The van der Waals surface area contributed by atoms with Crippen molar-refractivity contribution < 1.29 is 4.79 Å². The van der Waals surface area contributed by atoms with E-state index in [1.165, 1.54) is 11.3 Å². The third kappa shape index (κ3) is 3.76. The highest BCUT2D eigenvalue weighted by molar-refractivity contribution is 5.95. The van der Waals surface area contributed by atoms with Gasteiger partial charge in [-0.3, -0.25) is 4.79 Å². The molecule has 4 heteroatoms. The summed E-state index contributed by atoms with van der Waals surface area (Å²) in [4.78, 5) is 16.9. The number of hydrogen-bond donors (Lipinski definition) is 1. The number of hydrogen-bond acceptors (Lipinski definition) is 3. The molecule has 1 aliphatic rings. The average Bonchev–Trinajstić information content (AvgIpc) is 2.46. The third-order valence-electron chi connectivity index (χ3n) is 4.05. The van der Waals surface area contributed by atoms with E-state index in [2.05, 4.69) is 23.2 Å². The van der Waals surface area contributed by atoms with Gasteiger partial charge in [0.15, 0.2) is 0 Å². The Morgan fingerprint density at radius 1 is 1.38 bits per heavy atom. The molecule has 2 rings (SSSR count). The van der Waals surface area contributed by atoms with E-state index < -0.39 is 0 Å². The summed E-state index contributed by atoms with van der Waals surface area (Å²) in [6.07, 6.45) is 2.20. The van der Waals surface area contributed by atoms with Crippen LogP contribution in [0.15, 0.2) is 18.2 Å². The van der Waals surface area contributed by atoms with Crippen LogP contribution in [0.2, 0.25) is 0 Å². The molecule has 1 amide bonds. The summed E-state index contributed by atoms with van der Waals surface area (Å²) in [5, 5.41) is 3.39. The Morgan fingerprint density at radius 2 is 2.14 bits per heavy atom. The predicted octanol–water partition coefficient (Wildman–Crippen LogP) is 2.46. The van der Waals surface area contributed by atoms with Crippen LogP contribution in [-0.2, 0) is 6.42 Å². The lowest BCUT2D eigenvalue weighted by Gasteiger charge is -2.30. The quantitative estimate of drug-likeness (QED) is 0.904. The summed E-state index contributed by atoms with van der Waals surface area (Å²) in [6, 6.07) is 6.28. The summed E-state index contributed by atoms with van der Waals surface area (Å²) < 4.78 is 0. The maximum Gasteiger partial charge on any atom is 0.254 e. The number of nitrogens with one attached hydrogen (secondary N) is 1.